The van der Waals surface area contributed by atoms with Gasteiger partial charge in [0, 0.05) is 29.2 Å². The predicted molar refractivity (Wildman–Crippen MR) is 80.5 cm³/mol. The summed E-state index contributed by atoms with van der Waals surface area (Å²) in [7, 11) is 0. The van der Waals surface area contributed by atoms with Crippen LogP contribution in [-0.2, 0) is 6.54 Å². The Labute approximate surface area is 125 Å². The van der Waals surface area contributed by atoms with Gasteiger partial charge in [-0.05, 0) is 19.1 Å². The lowest BCUT2D eigenvalue weighted by molar-refractivity contribution is -0.384. The highest BCUT2D eigenvalue weighted by molar-refractivity contribution is 7.09. The molecule has 0 aliphatic carbocycles. The number of nitrogens with zero attached hydrogens (tertiary/aromatic N) is 2. The summed E-state index contributed by atoms with van der Waals surface area (Å²) in [4.78, 5) is 27.4. The minimum absolute atomic E-state index is 0.109. The van der Waals surface area contributed by atoms with Gasteiger partial charge in [0.15, 0.2) is 0 Å². The van der Waals surface area contributed by atoms with Crippen LogP contribution < -0.4 is 10.6 Å². The van der Waals surface area contributed by atoms with Crippen molar-refractivity contribution in [1.82, 2.24) is 10.3 Å². The summed E-state index contributed by atoms with van der Waals surface area (Å²) in [5.41, 5.74) is 2.23. The second-order valence-electron chi connectivity index (χ2n) is 4.17. The second kappa shape index (κ2) is 6.80. The van der Waals surface area contributed by atoms with E-state index in [2.05, 4.69) is 15.6 Å². The molecule has 1 heterocycles. The van der Waals surface area contributed by atoms with Crippen molar-refractivity contribution in [3.05, 3.63) is 50.5 Å². The molecule has 0 atom stereocenters. The number of carbonyl (C=O) groups excluding carboxylic acids is 1. The monoisotopic (exact) mass is 306 g/mol. The van der Waals surface area contributed by atoms with Gasteiger partial charge in [-0.3, -0.25) is 19.9 Å². The number of anilines is 1. The van der Waals surface area contributed by atoms with Crippen LogP contribution in [0.3, 0.4) is 0 Å². The summed E-state index contributed by atoms with van der Waals surface area (Å²) in [6.45, 7) is 2.77. The summed E-state index contributed by atoms with van der Waals surface area (Å²) in [6.07, 6.45) is 1.67. The van der Waals surface area contributed by atoms with Crippen LogP contribution in [0.25, 0.3) is 0 Å². The molecule has 8 heteroatoms. The molecule has 0 aliphatic heterocycles. The fourth-order valence-corrected chi connectivity index (χ4v) is 2.30. The number of benzene rings is 1. The smallest absolute Gasteiger partial charge is 0.293 e. The van der Waals surface area contributed by atoms with Gasteiger partial charge in [-0.1, -0.05) is 0 Å². The van der Waals surface area contributed by atoms with Crippen LogP contribution in [0.15, 0.2) is 29.9 Å². The van der Waals surface area contributed by atoms with Crippen LogP contribution >= 0.6 is 11.3 Å². The van der Waals surface area contributed by atoms with Crippen LogP contribution in [0.1, 0.15) is 22.2 Å². The number of hydrogen-bond acceptors (Lipinski definition) is 6. The summed E-state index contributed by atoms with van der Waals surface area (Å²) in [5, 5.41) is 16.6. The highest BCUT2D eigenvalue weighted by Gasteiger charge is 2.17. The number of nitro benzene ring substituents is 1. The molecule has 0 unspecified atom stereocenters. The van der Waals surface area contributed by atoms with Crippen molar-refractivity contribution in [3.8, 4) is 0 Å². The molecule has 1 aromatic heterocycles. The van der Waals surface area contributed by atoms with Crippen molar-refractivity contribution >= 4 is 28.6 Å². The standard InChI is InChI=1S/C13H14N4O3S/c1-2-15-11-4-3-9(5-12(11)17(19)20)13(18)16-7-10-6-14-8-21-10/h3-6,8,15H,2,7H2,1H3,(H,16,18). The molecule has 0 radical (unpaired) electrons. The molecular weight excluding hydrogens is 292 g/mol. The number of amides is 1. The summed E-state index contributed by atoms with van der Waals surface area (Å²) >= 11 is 1.43. The lowest BCUT2D eigenvalue weighted by Gasteiger charge is -2.07. The molecule has 21 heavy (non-hydrogen) atoms. The fourth-order valence-electron chi connectivity index (χ4n) is 1.76. The maximum Gasteiger partial charge on any atom is 0.293 e. The van der Waals surface area contributed by atoms with E-state index in [0.29, 0.717) is 18.8 Å². The first-order valence-corrected chi connectivity index (χ1v) is 7.17. The molecule has 2 rings (SSSR count). The first kappa shape index (κ1) is 14.9. The molecule has 0 aliphatic rings. The molecule has 0 fully saturated rings. The minimum Gasteiger partial charge on any atom is -0.380 e. The largest absolute Gasteiger partial charge is 0.380 e. The number of carbonyl (C=O) groups is 1. The third-order valence-corrected chi connectivity index (χ3v) is 3.51. The van der Waals surface area contributed by atoms with E-state index in [9.17, 15) is 14.9 Å². The Morgan fingerprint density at radius 1 is 1.48 bits per heavy atom. The molecule has 0 saturated carbocycles. The van der Waals surface area contributed by atoms with Gasteiger partial charge < -0.3 is 10.6 Å². The third-order valence-electron chi connectivity index (χ3n) is 2.73. The first-order chi connectivity index (χ1) is 10.1. The van der Waals surface area contributed by atoms with Crippen molar-refractivity contribution in [2.75, 3.05) is 11.9 Å². The average Bonchev–Trinajstić information content (AvgIpc) is 2.98. The number of hydrogen-bond donors (Lipinski definition) is 2. The first-order valence-electron chi connectivity index (χ1n) is 6.29. The SMILES string of the molecule is CCNc1ccc(C(=O)NCc2cncs2)cc1[N+](=O)[O-]. The molecule has 1 aromatic carbocycles. The van der Waals surface area contributed by atoms with E-state index >= 15 is 0 Å². The van der Waals surface area contributed by atoms with E-state index in [0.717, 1.165) is 4.88 Å². The lowest BCUT2D eigenvalue weighted by atomic mass is 10.1. The maximum atomic E-state index is 12.0. The molecule has 2 aromatic rings. The Morgan fingerprint density at radius 2 is 2.29 bits per heavy atom. The van der Waals surface area contributed by atoms with E-state index in [1.807, 2.05) is 6.92 Å². The fraction of sp³-hybridized carbons (Fsp3) is 0.231. The topological polar surface area (TPSA) is 97.2 Å². The zero-order valence-corrected chi connectivity index (χ0v) is 12.1. The van der Waals surface area contributed by atoms with E-state index in [1.54, 1.807) is 23.8 Å². The van der Waals surface area contributed by atoms with Crippen molar-refractivity contribution in [1.29, 1.82) is 0 Å². The van der Waals surface area contributed by atoms with Crippen LogP contribution in [0.5, 0.6) is 0 Å². The molecule has 110 valence electrons. The Kier molecular flexibility index (Phi) is 4.83. The van der Waals surface area contributed by atoms with Crippen molar-refractivity contribution < 1.29 is 9.72 Å². The van der Waals surface area contributed by atoms with Gasteiger partial charge in [0.25, 0.3) is 11.6 Å². The van der Waals surface area contributed by atoms with Crippen LogP contribution in [-0.4, -0.2) is 22.4 Å². The van der Waals surface area contributed by atoms with Gasteiger partial charge in [0.05, 0.1) is 17.0 Å². The van der Waals surface area contributed by atoms with Crippen LogP contribution in [0.2, 0.25) is 0 Å². The molecule has 7 nitrogen and oxygen atoms in total. The van der Waals surface area contributed by atoms with Gasteiger partial charge in [-0.25, -0.2) is 0 Å². The summed E-state index contributed by atoms with van der Waals surface area (Å²) in [5.74, 6) is -0.352. The second-order valence-corrected chi connectivity index (χ2v) is 5.14. The van der Waals surface area contributed by atoms with Crippen LogP contribution in [0, 0.1) is 10.1 Å². The zero-order chi connectivity index (χ0) is 15.2. The van der Waals surface area contributed by atoms with E-state index in [-0.39, 0.29) is 17.2 Å². The highest BCUT2D eigenvalue weighted by atomic mass is 32.1. The Bertz CT molecular complexity index is 643. The number of rotatable bonds is 6. The van der Waals surface area contributed by atoms with E-state index in [4.69, 9.17) is 0 Å². The highest BCUT2D eigenvalue weighted by Crippen LogP contribution is 2.25. The van der Waals surface area contributed by atoms with E-state index < -0.39 is 4.92 Å². The summed E-state index contributed by atoms with van der Waals surface area (Å²) < 4.78 is 0. The van der Waals surface area contributed by atoms with Gasteiger partial charge >= 0.3 is 0 Å². The van der Waals surface area contributed by atoms with Crippen molar-refractivity contribution in [3.63, 3.8) is 0 Å². The summed E-state index contributed by atoms with van der Waals surface area (Å²) in [6, 6.07) is 4.39. The minimum atomic E-state index is -0.502. The predicted octanol–water partition coefficient (Wildman–Crippen LogP) is 2.41. The number of aromatic nitrogens is 1. The molecule has 2 N–H and O–H groups in total. The quantitative estimate of drug-likeness (QED) is 0.631. The molecular formula is C13H14N4O3S. The Morgan fingerprint density at radius 3 is 2.90 bits per heavy atom. The third kappa shape index (κ3) is 3.76. The Balaban J connectivity index is 2.13. The van der Waals surface area contributed by atoms with Crippen molar-refractivity contribution in [2.45, 2.75) is 13.5 Å². The molecule has 1 amide bonds. The average molecular weight is 306 g/mol. The number of nitro groups is 1. The van der Waals surface area contributed by atoms with Crippen LogP contribution in [0.4, 0.5) is 11.4 Å². The normalized spacial score (nSPS) is 10.1. The molecule has 0 bridgehead atoms. The van der Waals surface area contributed by atoms with E-state index in [1.165, 1.54) is 17.4 Å². The van der Waals surface area contributed by atoms with Gasteiger partial charge in [-0.2, -0.15) is 0 Å². The zero-order valence-electron chi connectivity index (χ0n) is 11.3. The molecule has 0 spiro atoms. The Hall–Kier alpha value is -2.48. The van der Waals surface area contributed by atoms with Gasteiger partial charge in [0.1, 0.15) is 5.69 Å². The lowest BCUT2D eigenvalue weighted by Crippen LogP contribution is -2.22. The van der Waals surface area contributed by atoms with Gasteiger partial charge in [-0.15, -0.1) is 11.3 Å². The molecule has 0 saturated heterocycles. The number of thiazole rings is 1. The van der Waals surface area contributed by atoms with Crippen molar-refractivity contribution in [2.24, 2.45) is 0 Å². The maximum absolute atomic E-state index is 12.0. The number of nitrogens with one attached hydrogen (secondary N) is 2. The van der Waals surface area contributed by atoms with Gasteiger partial charge in [0.2, 0.25) is 0 Å².